The Morgan fingerprint density at radius 1 is 0.846 bits per heavy atom. The third-order valence-corrected chi connectivity index (χ3v) is 9.29. The van der Waals surface area contributed by atoms with E-state index < -0.39 is 8.07 Å². The van der Waals surface area contributed by atoms with Gasteiger partial charge in [0.15, 0.2) is 6.20 Å². The molecule has 2 nitrogen and oxygen atoms in total. The topological polar surface area (TPSA) is 13.1 Å². The molecule has 1 aliphatic heterocycles. The van der Waals surface area contributed by atoms with Crippen molar-refractivity contribution in [1.29, 1.82) is 0 Å². The summed E-state index contributed by atoms with van der Waals surface area (Å²) in [6, 6.07) is 15.2. The van der Waals surface area contributed by atoms with Gasteiger partial charge >= 0.3 is 0 Å². The van der Waals surface area contributed by atoms with Crippen LogP contribution in [-0.2, 0) is 7.05 Å². The molecule has 2 aromatic carbocycles. The lowest BCUT2D eigenvalue weighted by Gasteiger charge is -2.34. The first-order valence-electron chi connectivity index (χ1n) is 9.19. The summed E-state index contributed by atoms with van der Waals surface area (Å²) >= 11 is 0. The first-order chi connectivity index (χ1) is 12.3. The zero-order chi connectivity index (χ0) is 18.6. The number of benzene rings is 2. The van der Waals surface area contributed by atoms with E-state index in [4.69, 9.17) is 4.74 Å². The number of pyridine rings is 1. The Hall–Kier alpha value is -2.39. The summed E-state index contributed by atoms with van der Waals surface area (Å²) in [6.45, 7) is 11.5. The van der Waals surface area contributed by atoms with Crippen LogP contribution in [0.25, 0.3) is 11.3 Å². The van der Waals surface area contributed by atoms with E-state index >= 15 is 0 Å². The van der Waals surface area contributed by atoms with Gasteiger partial charge in [-0.15, -0.1) is 0 Å². The fourth-order valence-corrected chi connectivity index (χ4v) is 7.41. The van der Waals surface area contributed by atoms with Gasteiger partial charge in [0.25, 0.3) is 0 Å². The summed E-state index contributed by atoms with van der Waals surface area (Å²) in [5.41, 5.74) is 6.57. The molecule has 0 amide bonds. The largest absolute Gasteiger partial charge is 0.458 e. The van der Waals surface area contributed by atoms with Crippen LogP contribution in [0, 0.1) is 20.8 Å². The van der Waals surface area contributed by atoms with Crippen LogP contribution >= 0.6 is 0 Å². The molecule has 0 atom stereocenters. The van der Waals surface area contributed by atoms with Crippen molar-refractivity contribution in [2.45, 2.75) is 33.9 Å². The minimum absolute atomic E-state index is 1.02. The molecule has 0 N–H and O–H groups in total. The van der Waals surface area contributed by atoms with Crippen molar-refractivity contribution in [3.05, 3.63) is 65.4 Å². The van der Waals surface area contributed by atoms with Gasteiger partial charge in [-0.3, -0.25) is 0 Å². The van der Waals surface area contributed by atoms with E-state index in [1.165, 1.54) is 38.3 Å². The number of para-hydroxylation sites is 1. The van der Waals surface area contributed by atoms with Crippen LogP contribution in [0.5, 0.6) is 11.5 Å². The van der Waals surface area contributed by atoms with E-state index in [1.807, 2.05) is 0 Å². The van der Waals surface area contributed by atoms with Gasteiger partial charge in [-0.2, -0.15) is 0 Å². The predicted molar refractivity (Wildman–Crippen MR) is 111 cm³/mol. The molecule has 0 saturated carbocycles. The fraction of sp³-hybridized carbons (Fsp3) is 0.261. The second-order valence-corrected chi connectivity index (χ2v) is 12.3. The minimum Gasteiger partial charge on any atom is -0.458 e. The van der Waals surface area contributed by atoms with Crippen molar-refractivity contribution >= 4 is 18.4 Å². The molecule has 3 heteroatoms. The molecule has 1 aromatic heterocycles. The van der Waals surface area contributed by atoms with Crippen molar-refractivity contribution in [3.8, 4) is 22.8 Å². The molecule has 0 radical (unpaired) electrons. The van der Waals surface area contributed by atoms with Gasteiger partial charge in [0.2, 0.25) is 5.69 Å². The van der Waals surface area contributed by atoms with Crippen molar-refractivity contribution in [2.75, 3.05) is 0 Å². The minimum atomic E-state index is -1.88. The number of aromatic nitrogens is 1. The average Bonchev–Trinajstić information content (AvgIpc) is 2.59. The van der Waals surface area contributed by atoms with Crippen molar-refractivity contribution in [2.24, 2.45) is 7.05 Å². The summed E-state index contributed by atoms with van der Waals surface area (Å²) in [5.74, 6) is 2.05. The van der Waals surface area contributed by atoms with E-state index in [9.17, 15) is 0 Å². The quantitative estimate of drug-likeness (QED) is 0.472. The predicted octanol–water partition coefficient (Wildman–Crippen LogP) is 4.03. The Kier molecular flexibility index (Phi) is 3.81. The molecule has 0 unspecified atom stereocenters. The van der Waals surface area contributed by atoms with E-state index in [2.05, 4.69) is 94.1 Å². The number of aryl methyl sites for hydroxylation is 4. The smallest absolute Gasteiger partial charge is 0.212 e. The normalized spacial score (nSPS) is 14.4. The third kappa shape index (κ3) is 2.42. The van der Waals surface area contributed by atoms with Gasteiger partial charge in [-0.25, -0.2) is 4.57 Å². The molecule has 1 aliphatic rings. The summed E-state index contributed by atoms with van der Waals surface area (Å²) in [7, 11) is 0.263. The Morgan fingerprint density at radius 3 is 2.35 bits per heavy atom. The van der Waals surface area contributed by atoms with E-state index in [0.717, 1.165) is 11.5 Å². The van der Waals surface area contributed by atoms with Crippen LogP contribution in [0.15, 0.2) is 48.7 Å². The first kappa shape index (κ1) is 17.0. The number of hydrogen-bond acceptors (Lipinski definition) is 1. The second kappa shape index (κ2) is 5.81. The van der Waals surface area contributed by atoms with Crippen molar-refractivity contribution in [1.82, 2.24) is 0 Å². The van der Waals surface area contributed by atoms with Crippen molar-refractivity contribution in [3.63, 3.8) is 0 Å². The van der Waals surface area contributed by atoms with Crippen LogP contribution in [0.1, 0.15) is 16.7 Å². The summed E-state index contributed by atoms with van der Waals surface area (Å²) in [4.78, 5) is 0. The Labute approximate surface area is 157 Å². The zero-order valence-corrected chi connectivity index (χ0v) is 17.5. The standard InChI is InChI=1S/C23H26NOSi/c1-15-11-12-20-23(22(15)18-13-16(2)17(3)14-24(18)4)26(5,6)21-10-8-7-9-19(21)25-20/h7-14H,1-6H3/q+1. The van der Waals surface area contributed by atoms with Gasteiger partial charge in [0, 0.05) is 16.8 Å². The highest BCUT2D eigenvalue weighted by molar-refractivity contribution is 7.02. The lowest BCUT2D eigenvalue weighted by molar-refractivity contribution is -0.660. The molecule has 26 heavy (non-hydrogen) atoms. The molecule has 4 rings (SSSR count). The van der Waals surface area contributed by atoms with Crippen LogP contribution in [-0.4, -0.2) is 8.07 Å². The molecular weight excluding hydrogens is 334 g/mol. The number of fused-ring (bicyclic) bond motifs is 2. The maximum atomic E-state index is 6.35. The van der Waals surface area contributed by atoms with Crippen LogP contribution in [0.3, 0.4) is 0 Å². The molecule has 0 bridgehead atoms. The summed E-state index contributed by atoms with van der Waals surface area (Å²) in [5, 5.41) is 2.79. The number of hydrogen-bond donors (Lipinski definition) is 0. The molecule has 0 aliphatic carbocycles. The van der Waals surface area contributed by atoms with E-state index in [-0.39, 0.29) is 0 Å². The Morgan fingerprint density at radius 2 is 1.58 bits per heavy atom. The molecule has 132 valence electrons. The monoisotopic (exact) mass is 360 g/mol. The van der Waals surface area contributed by atoms with Crippen LogP contribution in [0.4, 0.5) is 0 Å². The van der Waals surface area contributed by atoms with Gasteiger partial charge in [-0.1, -0.05) is 37.4 Å². The third-order valence-electron chi connectivity index (χ3n) is 5.78. The second-order valence-electron chi connectivity index (χ2n) is 7.99. The maximum Gasteiger partial charge on any atom is 0.212 e. The van der Waals surface area contributed by atoms with Crippen LogP contribution < -0.4 is 19.7 Å². The molecule has 0 saturated heterocycles. The Bertz CT molecular complexity index is 1040. The number of rotatable bonds is 1. The highest BCUT2D eigenvalue weighted by atomic mass is 28.3. The SMILES string of the molecule is Cc1cc(-c2c(C)ccc3c2[Si](C)(C)c2ccccc2O3)[n+](C)cc1C. The maximum absolute atomic E-state index is 6.35. The average molecular weight is 361 g/mol. The van der Waals surface area contributed by atoms with Gasteiger partial charge in [0.05, 0.1) is 5.56 Å². The van der Waals surface area contributed by atoms with E-state index in [1.54, 1.807) is 0 Å². The van der Waals surface area contributed by atoms with Gasteiger partial charge in [0.1, 0.15) is 26.6 Å². The molecule has 3 aromatic rings. The van der Waals surface area contributed by atoms with Crippen LogP contribution in [0.2, 0.25) is 13.1 Å². The van der Waals surface area contributed by atoms with Crippen molar-refractivity contribution < 1.29 is 9.30 Å². The molecule has 0 spiro atoms. The lowest BCUT2D eigenvalue weighted by atomic mass is 10.0. The fourth-order valence-electron chi connectivity index (χ4n) is 4.18. The summed E-state index contributed by atoms with van der Waals surface area (Å²) < 4.78 is 8.61. The lowest BCUT2D eigenvalue weighted by Crippen LogP contribution is -2.57. The highest BCUT2D eigenvalue weighted by Crippen LogP contribution is 2.34. The summed E-state index contributed by atoms with van der Waals surface area (Å²) in [6.07, 6.45) is 2.23. The highest BCUT2D eigenvalue weighted by Gasteiger charge is 2.40. The molecular formula is C23H26NOSi+. The van der Waals surface area contributed by atoms with Gasteiger partial charge in [-0.05, 0) is 49.2 Å². The molecule has 2 heterocycles. The first-order valence-corrected chi connectivity index (χ1v) is 12.2. The zero-order valence-electron chi connectivity index (χ0n) is 16.5. The van der Waals surface area contributed by atoms with E-state index in [0.29, 0.717) is 0 Å². The number of ether oxygens (including phenoxy) is 1. The number of nitrogens with zero attached hydrogens (tertiary/aromatic N) is 1. The molecule has 0 fully saturated rings. The van der Waals surface area contributed by atoms with Gasteiger partial charge < -0.3 is 4.74 Å². The Balaban J connectivity index is 2.06.